The maximum atomic E-state index is 12.1. The molecule has 0 radical (unpaired) electrons. The van der Waals surface area contributed by atoms with Gasteiger partial charge in [-0.3, -0.25) is 4.79 Å². The van der Waals surface area contributed by atoms with Crippen molar-refractivity contribution in [2.24, 2.45) is 0 Å². The summed E-state index contributed by atoms with van der Waals surface area (Å²) in [5.41, 5.74) is 6.69. The van der Waals surface area contributed by atoms with Crippen molar-refractivity contribution in [2.45, 2.75) is 26.8 Å². The fourth-order valence-corrected chi connectivity index (χ4v) is 1.70. The van der Waals surface area contributed by atoms with E-state index in [0.29, 0.717) is 22.8 Å². The third-order valence-corrected chi connectivity index (χ3v) is 2.81. The Balaban J connectivity index is 2.99. The molecule has 0 aliphatic heterocycles. The van der Waals surface area contributed by atoms with Gasteiger partial charge in [0.2, 0.25) is 0 Å². The lowest BCUT2D eigenvalue weighted by Gasteiger charge is -2.25. The highest BCUT2D eigenvalue weighted by Crippen LogP contribution is 2.20. The van der Waals surface area contributed by atoms with Gasteiger partial charge >= 0.3 is 0 Å². The average molecular weight is 241 g/mol. The Labute approximate surface area is 101 Å². The highest BCUT2D eigenvalue weighted by atomic mass is 35.5. The summed E-state index contributed by atoms with van der Waals surface area (Å²) in [6, 6.07) is 5.15. The van der Waals surface area contributed by atoms with Gasteiger partial charge in [-0.1, -0.05) is 11.6 Å². The first-order valence-electron chi connectivity index (χ1n) is 5.33. The van der Waals surface area contributed by atoms with E-state index in [1.54, 1.807) is 23.1 Å². The predicted molar refractivity (Wildman–Crippen MR) is 67.7 cm³/mol. The van der Waals surface area contributed by atoms with Crippen LogP contribution >= 0.6 is 11.6 Å². The fraction of sp³-hybridized carbons (Fsp3) is 0.417. The molecule has 0 aliphatic carbocycles. The van der Waals surface area contributed by atoms with E-state index in [-0.39, 0.29) is 11.9 Å². The van der Waals surface area contributed by atoms with Crippen LogP contribution < -0.4 is 5.73 Å². The topological polar surface area (TPSA) is 46.3 Å². The molecule has 1 aromatic rings. The Hall–Kier alpha value is -1.22. The summed E-state index contributed by atoms with van der Waals surface area (Å²) in [4.78, 5) is 13.9. The van der Waals surface area contributed by atoms with Crippen LogP contribution in [0.2, 0.25) is 5.02 Å². The summed E-state index contributed by atoms with van der Waals surface area (Å²) in [6.07, 6.45) is 0. The molecule has 0 saturated heterocycles. The number of benzene rings is 1. The molecular weight excluding hydrogens is 224 g/mol. The van der Waals surface area contributed by atoms with Crippen LogP contribution in [0.5, 0.6) is 0 Å². The zero-order valence-electron chi connectivity index (χ0n) is 9.83. The zero-order chi connectivity index (χ0) is 12.3. The summed E-state index contributed by atoms with van der Waals surface area (Å²) in [5, 5.41) is 0.476. The number of nitrogen functional groups attached to an aromatic ring is 1. The maximum Gasteiger partial charge on any atom is 0.254 e. The van der Waals surface area contributed by atoms with Crippen LogP contribution in [0.25, 0.3) is 0 Å². The van der Waals surface area contributed by atoms with E-state index in [1.807, 2.05) is 20.8 Å². The van der Waals surface area contributed by atoms with Crippen molar-refractivity contribution in [1.29, 1.82) is 0 Å². The second kappa shape index (κ2) is 5.21. The van der Waals surface area contributed by atoms with Crippen LogP contribution in [0, 0.1) is 0 Å². The van der Waals surface area contributed by atoms with Crippen LogP contribution in [0.3, 0.4) is 0 Å². The molecule has 1 amide bonds. The Bertz CT molecular complexity index is 391. The third kappa shape index (κ3) is 2.67. The molecule has 3 nitrogen and oxygen atoms in total. The van der Waals surface area contributed by atoms with E-state index in [9.17, 15) is 4.79 Å². The monoisotopic (exact) mass is 240 g/mol. The molecule has 0 fully saturated rings. The number of nitrogens with zero attached hydrogens (tertiary/aromatic N) is 1. The number of hydrogen-bond acceptors (Lipinski definition) is 2. The van der Waals surface area contributed by atoms with Gasteiger partial charge in [-0.25, -0.2) is 0 Å². The molecule has 4 heteroatoms. The van der Waals surface area contributed by atoms with Gasteiger partial charge < -0.3 is 10.6 Å². The van der Waals surface area contributed by atoms with E-state index in [4.69, 9.17) is 17.3 Å². The molecule has 88 valence electrons. The van der Waals surface area contributed by atoms with Crippen molar-refractivity contribution in [3.63, 3.8) is 0 Å². The Kier molecular flexibility index (Phi) is 4.19. The molecule has 0 aliphatic rings. The number of hydrogen-bond donors (Lipinski definition) is 1. The lowest BCUT2D eigenvalue weighted by molar-refractivity contribution is 0.0717. The molecule has 0 spiro atoms. The van der Waals surface area contributed by atoms with Gasteiger partial charge in [0.1, 0.15) is 0 Å². The van der Waals surface area contributed by atoms with Crippen LogP contribution in [0.4, 0.5) is 5.69 Å². The number of anilines is 1. The molecule has 1 rings (SSSR count). The first-order valence-corrected chi connectivity index (χ1v) is 5.71. The molecule has 0 atom stereocenters. The zero-order valence-corrected chi connectivity index (χ0v) is 10.6. The molecule has 2 N–H and O–H groups in total. The molecule has 0 bridgehead atoms. The number of halogens is 1. The molecule has 0 heterocycles. The van der Waals surface area contributed by atoms with E-state index >= 15 is 0 Å². The largest absolute Gasteiger partial charge is 0.398 e. The lowest BCUT2D eigenvalue weighted by Crippen LogP contribution is -2.36. The quantitative estimate of drug-likeness (QED) is 0.826. The summed E-state index contributed by atoms with van der Waals surface area (Å²) >= 11 is 5.81. The minimum atomic E-state index is -0.0131. The number of nitrogens with two attached hydrogens (primary N) is 1. The van der Waals surface area contributed by atoms with Gasteiger partial charge in [-0.2, -0.15) is 0 Å². The normalized spacial score (nSPS) is 10.6. The van der Waals surface area contributed by atoms with Crippen molar-refractivity contribution < 1.29 is 4.79 Å². The standard InChI is InChI=1S/C12H17ClN2O/c1-4-15(8(2)3)12(16)9-5-6-10(13)11(14)7-9/h5-8H,4,14H2,1-3H3. The second-order valence-corrected chi connectivity index (χ2v) is 4.33. The Morgan fingerprint density at radius 2 is 2.12 bits per heavy atom. The minimum Gasteiger partial charge on any atom is -0.398 e. The first-order chi connectivity index (χ1) is 7.47. The average Bonchev–Trinajstić information content (AvgIpc) is 2.22. The summed E-state index contributed by atoms with van der Waals surface area (Å²) < 4.78 is 0. The first kappa shape index (κ1) is 12.8. The van der Waals surface area contributed by atoms with Gasteiger partial charge in [-0.05, 0) is 39.0 Å². The molecular formula is C12H17ClN2O. The van der Waals surface area contributed by atoms with Gasteiger partial charge in [0.25, 0.3) is 5.91 Å². The van der Waals surface area contributed by atoms with Gasteiger partial charge in [0.05, 0.1) is 10.7 Å². The van der Waals surface area contributed by atoms with Crippen LogP contribution in [-0.2, 0) is 0 Å². The number of carbonyl (C=O) groups excluding carboxylic acids is 1. The van der Waals surface area contributed by atoms with Crippen molar-refractivity contribution in [3.05, 3.63) is 28.8 Å². The van der Waals surface area contributed by atoms with E-state index in [2.05, 4.69) is 0 Å². The smallest absolute Gasteiger partial charge is 0.254 e. The van der Waals surface area contributed by atoms with Gasteiger partial charge in [0, 0.05) is 18.2 Å². The van der Waals surface area contributed by atoms with Crippen molar-refractivity contribution in [3.8, 4) is 0 Å². The van der Waals surface area contributed by atoms with Crippen molar-refractivity contribution in [1.82, 2.24) is 4.90 Å². The highest BCUT2D eigenvalue weighted by Gasteiger charge is 2.17. The third-order valence-electron chi connectivity index (χ3n) is 2.47. The molecule has 0 unspecified atom stereocenters. The van der Waals surface area contributed by atoms with Crippen LogP contribution in [0.15, 0.2) is 18.2 Å². The Morgan fingerprint density at radius 1 is 1.50 bits per heavy atom. The van der Waals surface area contributed by atoms with Crippen molar-refractivity contribution in [2.75, 3.05) is 12.3 Å². The molecule has 1 aromatic carbocycles. The van der Waals surface area contributed by atoms with Crippen molar-refractivity contribution >= 4 is 23.2 Å². The summed E-state index contributed by atoms with van der Waals surface area (Å²) in [5.74, 6) is -0.0131. The fourth-order valence-electron chi connectivity index (χ4n) is 1.59. The molecule has 0 aromatic heterocycles. The SMILES string of the molecule is CCN(C(=O)c1ccc(Cl)c(N)c1)C(C)C. The minimum absolute atomic E-state index is 0.0131. The Morgan fingerprint density at radius 3 is 2.56 bits per heavy atom. The van der Waals surface area contributed by atoms with E-state index in [0.717, 1.165) is 0 Å². The number of rotatable bonds is 3. The molecule has 0 saturated carbocycles. The second-order valence-electron chi connectivity index (χ2n) is 3.92. The summed E-state index contributed by atoms with van der Waals surface area (Å²) in [7, 11) is 0. The molecule has 16 heavy (non-hydrogen) atoms. The highest BCUT2D eigenvalue weighted by molar-refractivity contribution is 6.33. The number of amides is 1. The van der Waals surface area contributed by atoms with E-state index in [1.165, 1.54) is 0 Å². The van der Waals surface area contributed by atoms with Crippen LogP contribution in [0.1, 0.15) is 31.1 Å². The van der Waals surface area contributed by atoms with Crippen LogP contribution in [-0.4, -0.2) is 23.4 Å². The van der Waals surface area contributed by atoms with Gasteiger partial charge in [-0.15, -0.1) is 0 Å². The summed E-state index contributed by atoms with van der Waals surface area (Å²) in [6.45, 7) is 6.61. The maximum absolute atomic E-state index is 12.1. The van der Waals surface area contributed by atoms with E-state index < -0.39 is 0 Å². The van der Waals surface area contributed by atoms with Gasteiger partial charge in [0.15, 0.2) is 0 Å². The predicted octanol–water partition coefficient (Wildman–Crippen LogP) is 2.79. The number of carbonyl (C=O) groups is 1. The lowest BCUT2D eigenvalue weighted by atomic mass is 10.1.